The Hall–Kier alpha value is -3.27. The van der Waals surface area contributed by atoms with Crippen LogP contribution in [0.4, 0.5) is 8.78 Å². The van der Waals surface area contributed by atoms with Gasteiger partial charge in [0.15, 0.2) is 17.7 Å². The molecule has 8 nitrogen and oxygen atoms in total. The summed E-state index contributed by atoms with van der Waals surface area (Å²) in [4.78, 5) is 39.1. The average Bonchev–Trinajstić information content (AvgIpc) is 3.06. The molecule has 1 aromatic carbocycles. The average molecular weight is 405 g/mol. The fourth-order valence-corrected chi connectivity index (χ4v) is 3.59. The molecule has 0 unspecified atom stereocenters. The van der Waals surface area contributed by atoms with E-state index in [0.717, 1.165) is 24.4 Å². The molecule has 0 aliphatic carbocycles. The number of pyridine rings is 1. The summed E-state index contributed by atoms with van der Waals surface area (Å²) in [6.45, 7) is 1.89. The highest BCUT2D eigenvalue weighted by molar-refractivity contribution is 5.99. The maximum Gasteiger partial charge on any atom is 0.276 e. The number of aromatic nitrogens is 1. The molecule has 2 aromatic rings. The van der Waals surface area contributed by atoms with Crippen LogP contribution >= 0.6 is 0 Å². The quantitative estimate of drug-likeness (QED) is 0.792. The lowest BCUT2D eigenvalue weighted by Gasteiger charge is -2.33. The highest BCUT2D eigenvalue weighted by Crippen LogP contribution is 2.29. The van der Waals surface area contributed by atoms with Gasteiger partial charge in [0.2, 0.25) is 5.43 Å². The standard InChI is InChI=1S/C19H17F2N3O5/c1-9-8-29-14-7-23-6-12(16(25)17(26)15(23)19(28)24(9)14)18(27)22-5-10-4-11(20)2-3-13(10)21/h2-4,6,9,14,26H,5,7-8H2,1H3,(H,22,27)/t9-,14+/m0/s1. The van der Waals surface area contributed by atoms with Gasteiger partial charge in [-0.15, -0.1) is 0 Å². The molecule has 4 rings (SSSR count). The topological polar surface area (TPSA) is 101 Å². The van der Waals surface area contributed by atoms with E-state index in [1.807, 2.05) is 0 Å². The number of halogens is 2. The van der Waals surface area contributed by atoms with Crippen LogP contribution in [-0.4, -0.2) is 45.3 Å². The molecule has 2 aliphatic rings. The number of nitrogens with zero attached hydrogens (tertiary/aromatic N) is 2. The number of fused-ring (bicyclic) bond motifs is 2. The van der Waals surface area contributed by atoms with E-state index in [0.29, 0.717) is 6.61 Å². The van der Waals surface area contributed by atoms with Crippen molar-refractivity contribution in [3.8, 4) is 5.75 Å². The van der Waals surface area contributed by atoms with Crippen LogP contribution in [-0.2, 0) is 17.8 Å². The predicted octanol–water partition coefficient (Wildman–Crippen LogP) is 0.963. The molecule has 3 heterocycles. The number of rotatable bonds is 3. The van der Waals surface area contributed by atoms with Gasteiger partial charge in [-0.25, -0.2) is 8.78 Å². The highest BCUT2D eigenvalue weighted by atomic mass is 19.1. The van der Waals surface area contributed by atoms with Crippen molar-refractivity contribution in [1.82, 2.24) is 14.8 Å². The van der Waals surface area contributed by atoms with Crippen molar-refractivity contribution in [2.24, 2.45) is 0 Å². The predicted molar refractivity (Wildman–Crippen MR) is 95.3 cm³/mol. The molecule has 29 heavy (non-hydrogen) atoms. The van der Waals surface area contributed by atoms with E-state index in [9.17, 15) is 28.3 Å². The summed E-state index contributed by atoms with van der Waals surface area (Å²) >= 11 is 0. The summed E-state index contributed by atoms with van der Waals surface area (Å²) in [5.74, 6) is -3.67. The van der Waals surface area contributed by atoms with Gasteiger partial charge in [0, 0.05) is 18.3 Å². The Balaban J connectivity index is 1.63. The fourth-order valence-electron chi connectivity index (χ4n) is 3.59. The molecule has 1 aromatic heterocycles. The van der Waals surface area contributed by atoms with Crippen LogP contribution in [0.1, 0.15) is 33.3 Å². The monoisotopic (exact) mass is 405 g/mol. The maximum atomic E-state index is 13.7. The van der Waals surface area contributed by atoms with E-state index >= 15 is 0 Å². The number of ether oxygens (including phenoxy) is 1. The molecule has 0 saturated carbocycles. The Morgan fingerprint density at radius 3 is 2.86 bits per heavy atom. The van der Waals surface area contributed by atoms with E-state index in [2.05, 4.69) is 5.32 Å². The van der Waals surface area contributed by atoms with Gasteiger partial charge >= 0.3 is 0 Å². The van der Waals surface area contributed by atoms with E-state index < -0.39 is 46.4 Å². The van der Waals surface area contributed by atoms with Crippen molar-refractivity contribution in [1.29, 1.82) is 0 Å². The Morgan fingerprint density at radius 1 is 1.34 bits per heavy atom. The summed E-state index contributed by atoms with van der Waals surface area (Å²) in [6.07, 6.45) is 0.597. The van der Waals surface area contributed by atoms with Crippen LogP contribution in [0.2, 0.25) is 0 Å². The molecule has 152 valence electrons. The second kappa shape index (κ2) is 6.96. The van der Waals surface area contributed by atoms with Gasteiger partial charge in [-0.3, -0.25) is 14.4 Å². The highest BCUT2D eigenvalue weighted by Gasteiger charge is 2.42. The largest absolute Gasteiger partial charge is 0.503 e. The molecule has 0 spiro atoms. The van der Waals surface area contributed by atoms with Gasteiger partial charge in [0.05, 0.1) is 19.2 Å². The van der Waals surface area contributed by atoms with Crippen LogP contribution in [0, 0.1) is 11.6 Å². The smallest absolute Gasteiger partial charge is 0.276 e. The third kappa shape index (κ3) is 3.15. The zero-order valence-corrected chi connectivity index (χ0v) is 15.3. The number of carbonyl (C=O) groups is 2. The first-order chi connectivity index (χ1) is 13.8. The number of hydrogen-bond donors (Lipinski definition) is 2. The molecule has 10 heteroatoms. The summed E-state index contributed by atoms with van der Waals surface area (Å²) < 4.78 is 33.8. The molecular formula is C19H17F2N3O5. The first-order valence-electron chi connectivity index (χ1n) is 8.90. The summed E-state index contributed by atoms with van der Waals surface area (Å²) in [6, 6.07) is 2.59. The minimum absolute atomic E-state index is 0.0974. The molecule has 1 saturated heterocycles. The number of benzene rings is 1. The van der Waals surface area contributed by atoms with E-state index in [1.54, 1.807) is 6.92 Å². The first kappa shape index (κ1) is 19.1. The van der Waals surface area contributed by atoms with Crippen molar-refractivity contribution in [3.63, 3.8) is 0 Å². The number of amides is 2. The zero-order chi connectivity index (χ0) is 20.9. The van der Waals surface area contributed by atoms with Crippen LogP contribution < -0.4 is 10.7 Å². The van der Waals surface area contributed by atoms with Crippen molar-refractivity contribution in [2.45, 2.75) is 32.3 Å². The first-order valence-corrected chi connectivity index (χ1v) is 8.90. The minimum Gasteiger partial charge on any atom is -0.503 e. The van der Waals surface area contributed by atoms with Crippen molar-refractivity contribution >= 4 is 11.8 Å². The molecule has 1 fully saturated rings. The van der Waals surface area contributed by atoms with Crippen molar-refractivity contribution in [2.75, 3.05) is 6.61 Å². The zero-order valence-electron chi connectivity index (χ0n) is 15.3. The van der Waals surface area contributed by atoms with E-state index in [4.69, 9.17) is 4.74 Å². The van der Waals surface area contributed by atoms with Crippen molar-refractivity contribution in [3.05, 3.63) is 63.1 Å². The molecule has 2 N–H and O–H groups in total. The van der Waals surface area contributed by atoms with Crippen LogP contribution in [0.15, 0.2) is 29.2 Å². The lowest BCUT2D eigenvalue weighted by atomic mass is 10.1. The molecule has 0 bridgehead atoms. The van der Waals surface area contributed by atoms with Crippen LogP contribution in [0.25, 0.3) is 0 Å². The Labute approximate surface area is 163 Å². The Bertz CT molecular complexity index is 1080. The Kier molecular flexibility index (Phi) is 4.58. The summed E-state index contributed by atoms with van der Waals surface area (Å²) in [5.41, 5.74) is -1.75. The number of hydrogen-bond acceptors (Lipinski definition) is 5. The van der Waals surface area contributed by atoms with Gasteiger partial charge in [-0.2, -0.15) is 0 Å². The number of carbonyl (C=O) groups excluding carboxylic acids is 2. The van der Waals surface area contributed by atoms with Gasteiger partial charge in [0.25, 0.3) is 11.8 Å². The summed E-state index contributed by atoms with van der Waals surface area (Å²) in [5, 5.41) is 12.6. The van der Waals surface area contributed by atoms with Gasteiger partial charge in [-0.1, -0.05) is 0 Å². The molecule has 2 aliphatic heterocycles. The third-order valence-electron chi connectivity index (χ3n) is 5.05. The SMILES string of the molecule is C[C@H]1CO[C@@H]2Cn3cc(C(=O)NCc4cc(F)ccc4F)c(=O)c(O)c3C(=O)N12. The van der Waals surface area contributed by atoms with E-state index in [1.165, 1.54) is 9.47 Å². The van der Waals surface area contributed by atoms with Gasteiger partial charge in [-0.05, 0) is 25.1 Å². The fraction of sp³-hybridized carbons (Fsp3) is 0.316. The molecule has 2 atom stereocenters. The number of aromatic hydroxyl groups is 1. The Morgan fingerprint density at radius 2 is 2.10 bits per heavy atom. The second-order valence-electron chi connectivity index (χ2n) is 6.99. The van der Waals surface area contributed by atoms with E-state index in [-0.39, 0.29) is 30.4 Å². The van der Waals surface area contributed by atoms with Crippen LogP contribution in [0.5, 0.6) is 5.75 Å². The number of nitrogens with one attached hydrogen (secondary N) is 1. The van der Waals surface area contributed by atoms with Crippen molar-refractivity contribution < 1.29 is 28.2 Å². The molecular weight excluding hydrogens is 388 g/mol. The molecule has 2 amide bonds. The normalized spacial score (nSPS) is 20.4. The maximum absolute atomic E-state index is 13.7. The van der Waals surface area contributed by atoms with Gasteiger partial charge in [0.1, 0.15) is 17.2 Å². The van der Waals surface area contributed by atoms with Crippen LogP contribution in [0.3, 0.4) is 0 Å². The van der Waals surface area contributed by atoms with Gasteiger partial charge < -0.3 is 24.6 Å². The minimum atomic E-state index is -1.02. The molecule has 0 radical (unpaired) electrons. The third-order valence-corrected chi connectivity index (χ3v) is 5.05. The summed E-state index contributed by atoms with van der Waals surface area (Å²) in [7, 11) is 0. The lowest BCUT2D eigenvalue weighted by molar-refractivity contribution is 0.00624. The lowest BCUT2D eigenvalue weighted by Crippen LogP contribution is -2.49. The second-order valence-corrected chi connectivity index (χ2v) is 6.99.